The molecule has 15 nitrogen and oxygen atoms in total. The molecule has 0 aliphatic rings. The Hall–Kier alpha value is -5.96. The molecule has 2 aromatic heterocycles. The molecular weight excluding hydrogens is 628 g/mol. The van der Waals surface area contributed by atoms with Crippen LogP contribution in [0.3, 0.4) is 0 Å². The molecular formula is C34H42N10O5. The van der Waals surface area contributed by atoms with Crippen molar-refractivity contribution in [3.05, 3.63) is 77.2 Å². The lowest BCUT2D eigenvalue weighted by atomic mass is 10.1. The second-order valence-corrected chi connectivity index (χ2v) is 10.7. The molecule has 0 radical (unpaired) electrons. The first kappa shape index (κ1) is 35.9. The zero-order chi connectivity index (χ0) is 35.5. The number of amides is 2. The van der Waals surface area contributed by atoms with Crippen molar-refractivity contribution in [1.29, 1.82) is 0 Å². The van der Waals surface area contributed by atoms with Crippen molar-refractivity contribution in [3.8, 4) is 11.5 Å². The number of nitrogens with one attached hydrogen (secondary N) is 2. The number of nitrogens with two attached hydrogens (primary N) is 2. The monoisotopic (exact) mass is 670 g/mol. The first-order valence-electron chi connectivity index (χ1n) is 15.6. The number of allylic oxidation sites excluding steroid dienone is 1. The summed E-state index contributed by atoms with van der Waals surface area (Å²) in [6.45, 7) is 9.29. The van der Waals surface area contributed by atoms with Crippen LogP contribution in [0.4, 0.5) is 17.3 Å². The largest absolute Gasteiger partial charge is 0.494 e. The van der Waals surface area contributed by atoms with Gasteiger partial charge in [-0.25, -0.2) is 4.98 Å². The van der Waals surface area contributed by atoms with E-state index in [0.29, 0.717) is 83.6 Å². The van der Waals surface area contributed by atoms with Gasteiger partial charge in [-0.15, -0.1) is 0 Å². The van der Waals surface area contributed by atoms with Gasteiger partial charge in [0, 0.05) is 44.4 Å². The number of aldehydes is 1. The summed E-state index contributed by atoms with van der Waals surface area (Å²) in [6.07, 6.45) is 8.11. The molecule has 0 unspecified atom stereocenters. The van der Waals surface area contributed by atoms with Crippen molar-refractivity contribution in [2.45, 2.75) is 26.9 Å². The first-order valence-corrected chi connectivity index (χ1v) is 15.6. The average molecular weight is 671 g/mol. The van der Waals surface area contributed by atoms with E-state index in [0.717, 1.165) is 5.69 Å². The van der Waals surface area contributed by atoms with Gasteiger partial charge < -0.3 is 41.0 Å². The van der Waals surface area contributed by atoms with E-state index in [1.54, 1.807) is 54.2 Å². The molecule has 0 saturated heterocycles. The molecule has 258 valence electrons. The number of benzene rings is 2. The van der Waals surface area contributed by atoms with E-state index in [9.17, 15) is 14.4 Å². The summed E-state index contributed by atoms with van der Waals surface area (Å²) in [7, 11) is 3.24. The average Bonchev–Trinajstić information content (AvgIpc) is 3.68. The third kappa shape index (κ3) is 8.31. The zero-order valence-corrected chi connectivity index (χ0v) is 28.1. The van der Waals surface area contributed by atoms with E-state index >= 15 is 0 Å². The molecule has 0 aliphatic heterocycles. The van der Waals surface area contributed by atoms with Crippen molar-refractivity contribution >= 4 is 53.2 Å². The Bertz CT molecular complexity index is 1890. The normalized spacial score (nSPS) is 11.3. The smallest absolute Gasteiger partial charge is 0.270 e. The molecule has 0 spiro atoms. The minimum absolute atomic E-state index is 0.0659. The summed E-state index contributed by atoms with van der Waals surface area (Å²) in [5.41, 5.74) is 15.1. The standard InChI is InChI=1S/C34H42N10O5/c1-6-44-27(15-22(2)41-44)33(47)39-21-42(30-25(37-3)16-23(20-45)17-28(30)48-5)12-8-9-13-43-31-26(40-34(43)38-4)18-24(32(36)46)19-29(31)49-14-10-7-11-35/h7-10,15-20H,3,6,11-14,21,35H2,1-2,4-5H3,(H2,36,46)(H,38,40)(H,39,47)/b9-8+,10-7+. The summed E-state index contributed by atoms with van der Waals surface area (Å²) < 4.78 is 15.2. The molecule has 0 saturated carbocycles. The van der Waals surface area contributed by atoms with Crippen LogP contribution in [0, 0.1) is 6.92 Å². The van der Waals surface area contributed by atoms with E-state index in [2.05, 4.69) is 32.4 Å². The first-order chi connectivity index (χ1) is 23.7. The third-order valence-electron chi connectivity index (χ3n) is 7.52. The number of primary amides is 1. The Kier molecular flexibility index (Phi) is 12.3. The lowest BCUT2D eigenvalue weighted by Crippen LogP contribution is -2.39. The number of aliphatic imine (C=N–C) groups is 1. The highest BCUT2D eigenvalue weighted by molar-refractivity contribution is 5.99. The number of carbonyl (C=O) groups excluding carboxylic acids is 3. The topological polar surface area (TPSA) is 197 Å². The predicted octanol–water partition coefficient (Wildman–Crippen LogP) is 3.20. The number of ether oxygens (including phenoxy) is 2. The van der Waals surface area contributed by atoms with Gasteiger partial charge in [-0.2, -0.15) is 5.10 Å². The SMILES string of the molecule is C=Nc1cc(C=O)cc(OC)c1N(C/C=C/Cn1c(NC)nc2cc(C(N)=O)cc(OC/C=C/CN)c21)CNC(=O)c1cc(C)nn1CC. The number of methoxy groups -OCH3 is 1. The van der Waals surface area contributed by atoms with Gasteiger partial charge in [0.2, 0.25) is 11.9 Å². The highest BCUT2D eigenvalue weighted by Crippen LogP contribution is 2.39. The van der Waals surface area contributed by atoms with E-state index in [1.807, 2.05) is 35.5 Å². The number of carbonyl (C=O) groups is 3. The lowest BCUT2D eigenvalue weighted by Gasteiger charge is -2.27. The minimum Gasteiger partial charge on any atom is -0.494 e. The number of hydrogen-bond donors (Lipinski definition) is 4. The van der Waals surface area contributed by atoms with Crippen molar-refractivity contribution in [2.75, 3.05) is 50.7 Å². The molecule has 0 bridgehead atoms. The number of nitrogens with zero attached hydrogens (tertiary/aromatic N) is 6. The molecule has 4 rings (SSSR count). The fraction of sp³-hybridized carbons (Fsp3) is 0.294. The molecule has 2 heterocycles. The van der Waals surface area contributed by atoms with Crippen LogP contribution in [0.15, 0.2) is 59.6 Å². The lowest BCUT2D eigenvalue weighted by molar-refractivity contribution is 0.0941. The molecule has 0 aliphatic carbocycles. The molecule has 15 heteroatoms. The van der Waals surface area contributed by atoms with Gasteiger partial charge in [-0.1, -0.05) is 24.3 Å². The molecule has 49 heavy (non-hydrogen) atoms. The Morgan fingerprint density at radius 3 is 2.57 bits per heavy atom. The van der Waals surface area contributed by atoms with Crippen LogP contribution >= 0.6 is 0 Å². The maximum atomic E-state index is 13.3. The fourth-order valence-corrected chi connectivity index (χ4v) is 5.27. The van der Waals surface area contributed by atoms with Crippen molar-refractivity contribution in [2.24, 2.45) is 16.5 Å². The van der Waals surface area contributed by atoms with Crippen molar-refractivity contribution in [3.63, 3.8) is 0 Å². The Labute approximate surface area is 284 Å². The molecule has 2 amide bonds. The Balaban J connectivity index is 1.68. The summed E-state index contributed by atoms with van der Waals surface area (Å²) in [6, 6.07) is 8.15. The van der Waals surface area contributed by atoms with Crippen molar-refractivity contribution < 1.29 is 23.9 Å². The second kappa shape index (κ2) is 16.7. The maximum Gasteiger partial charge on any atom is 0.270 e. The van der Waals surface area contributed by atoms with Crippen LogP contribution in [0.5, 0.6) is 11.5 Å². The van der Waals surface area contributed by atoms with Crippen molar-refractivity contribution in [1.82, 2.24) is 24.6 Å². The number of hydrogen-bond acceptors (Lipinski definition) is 11. The molecule has 6 N–H and O–H groups in total. The van der Waals surface area contributed by atoms with Gasteiger partial charge in [-0.05, 0) is 50.9 Å². The number of rotatable bonds is 18. The summed E-state index contributed by atoms with van der Waals surface area (Å²) in [5.74, 6) is 0.456. The highest BCUT2D eigenvalue weighted by atomic mass is 16.5. The Morgan fingerprint density at radius 1 is 1.12 bits per heavy atom. The van der Waals surface area contributed by atoms with Crippen LogP contribution in [0.1, 0.15) is 43.8 Å². The fourth-order valence-electron chi connectivity index (χ4n) is 5.27. The molecule has 4 aromatic rings. The van der Waals surface area contributed by atoms with Crippen LogP contribution in [0.25, 0.3) is 11.0 Å². The number of imidazole rings is 1. The van der Waals surface area contributed by atoms with Gasteiger partial charge in [0.1, 0.15) is 41.3 Å². The van der Waals surface area contributed by atoms with Gasteiger partial charge in [0.15, 0.2) is 0 Å². The van der Waals surface area contributed by atoms with Crippen LogP contribution in [0.2, 0.25) is 0 Å². The number of aromatic nitrogens is 4. The number of anilines is 2. The predicted molar refractivity (Wildman–Crippen MR) is 191 cm³/mol. The highest BCUT2D eigenvalue weighted by Gasteiger charge is 2.21. The van der Waals surface area contributed by atoms with Crippen LogP contribution in [-0.4, -0.2) is 84.7 Å². The van der Waals surface area contributed by atoms with E-state index < -0.39 is 5.91 Å². The number of fused-ring (bicyclic) bond motifs is 1. The molecule has 0 atom stereocenters. The second-order valence-electron chi connectivity index (χ2n) is 10.7. The zero-order valence-electron chi connectivity index (χ0n) is 28.1. The van der Waals surface area contributed by atoms with Gasteiger partial charge >= 0.3 is 0 Å². The number of aryl methyl sites for hydroxylation is 2. The third-order valence-corrected chi connectivity index (χ3v) is 7.52. The van der Waals surface area contributed by atoms with E-state index in [1.165, 1.54) is 7.11 Å². The Morgan fingerprint density at radius 2 is 1.92 bits per heavy atom. The summed E-state index contributed by atoms with van der Waals surface area (Å²) in [5, 5.41) is 10.5. The van der Waals surface area contributed by atoms with Crippen LogP contribution < -0.4 is 36.5 Å². The quantitative estimate of drug-likeness (QED) is 0.0528. The van der Waals surface area contributed by atoms with Gasteiger partial charge in [0.25, 0.3) is 5.91 Å². The summed E-state index contributed by atoms with van der Waals surface area (Å²) in [4.78, 5) is 47.6. The molecule has 2 aromatic carbocycles. The van der Waals surface area contributed by atoms with E-state index in [4.69, 9.17) is 20.9 Å². The van der Waals surface area contributed by atoms with Gasteiger partial charge in [0.05, 0.1) is 30.7 Å². The molecule has 0 fully saturated rings. The van der Waals surface area contributed by atoms with Gasteiger partial charge in [-0.3, -0.25) is 24.1 Å². The minimum atomic E-state index is -0.601. The summed E-state index contributed by atoms with van der Waals surface area (Å²) >= 11 is 0. The van der Waals surface area contributed by atoms with E-state index in [-0.39, 0.29) is 24.7 Å². The maximum absolute atomic E-state index is 13.3. The van der Waals surface area contributed by atoms with Crippen LogP contribution in [-0.2, 0) is 13.1 Å².